The van der Waals surface area contributed by atoms with E-state index in [1.54, 1.807) is 0 Å². The summed E-state index contributed by atoms with van der Waals surface area (Å²) >= 11 is 0. The second-order valence-electron chi connectivity index (χ2n) is 29.9. The average Bonchev–Trinajstić information content (AvgIpc) is 1.65. The van der Waals surface area contributed by atoms with Crippen LogP contribution in [0.15, 0.2) is 36.5 Å². The normalized spacial score (nSPS) is 13.1. The molecule has 0 aliphatic rings. The highest BCUT2D eigenvalue weighted by molar-refractivity contribution is 7.47. The van der Waals surface area contributed by atoms with E-state index in [-0.39, 0.29) is 25.6 Å². The van der Waals surface area contributed by atoms with Gasteiger partial charge in [0, 0.05) is 12.8 Å². The number of phosphoric ester groups is 1. The summed E-state index contributed by atoms with van der Waals surface area (Å²) in [5.74, 6) is -0.774. The summed E-state index contributed by atoms with van der Waals surface area (Å²) in [6.45, 7) is 4.50. The molecule has 0 rings (SSSR count). The Hall–Kier alpha value is -1.77. The fourth-order valence-corrected chi connectivity index (χ4v) is 13.5. The standard InChI is InChI=1S/C84H162NO8P/c1-6-8-10-12-14-16-18-20-22-24-26-28-30-32-34-36-37-38-39-40-41-42-43-44-45-46-47-49-50-52-54-56-58-60-62-64-66-68-70-72-74-76-83(86)90-80-82(81-92-94(88,89)91-79-78-85(3,4)5)93-84(87)77-75-73-71-69-67-65-63-61-59-57-55-53-51-48-35-33-31-29-27-25-23-21-19-17-15-13-11-9-7-2/h19,21,25,27,31,33,82H,6-18,20,22-24,26,28-30,32,34-81H2,1-5H3/p+1/b21-19-,27-25-,33-31-. The number of likely N-dealkylation sites (N-methyl/N-ethyl adjacent to an activating group) is 1. The van der Waals surface area contributed by atoms with Crippen LogP contribution in [0.3, 0.4) is 0 Å². The number of nitrogens with zero attached hydrogens (tertiary/aromatic N) is 1. The Morgan fingerprint density at radius 2 is 0.574 bits per heavy atom. The molecule has 0 amide bonds. The van der Waals surface area contributed by atoms with Crippen molar-refractivity contribution in [2.75, 3.05) is 47.5 Å². The molecule has 0 heterocycles. The maximum Gasteiger partial charge on any atom is 0.472 e. The minimum Gasteiger partial charge on any atom is -0.462 e. The summed E-state index contributed by atoms with van der Waals surface area (Å²) in [6, 6.07) is 0. The fourth-order valence-electron chi connectivity index (χ4n) is 12.8. The lowest BCUT2D eigenvalue weighted by Crippen LogP contribution is -2.37. The molecule has 0 aromatic heterocycles. The molecule has 0 saturated heterocycles. The van der Waals surface area contributed by atoms with Crippen molar-refractivity contribution in [1.82, 2.24) is 0 Å². The topological polar surface area (TPSA) is 108 Å². The molecule has 0 radical (unpaired) electrons. The number of quaternary nitrogens is 1. The van der Waals surface area contributed by atoms with Gasteiger partial charge in [0.2, 0.25) is 0 Å². The van der Waals surface area contributed by atoms with E-state index in [9.17, 15) is 19.0 Å². The second kappa shape index (κ2) is 75.4. The number of hydrogen-bond acceptors (Lipinski definition) is 7. The van der Waals surface area contributed by atoms with Crippen molar-refractivity contribution in [1.29, 1.82) is 0 Å². The van der Waals surface area contributed by atoms with Gasteiger partial charge >= 0.3 is 19.8 Å². The number of esters is 2. The summed E-state index contributed by atoms with van der Waals surface area (Å²) in [7, 11) is 1.50. The van der Waals surface area contributed by atoms with E-state index in [0.717, 1.165) is 44.9 Å². The number of allylic oxidation sites excluding steroid dienone is 6. The van der Waals surface area contributed by atoms with Crippen molar-refractivity contribution in [2.24, 2.45) is 0 Å². The van der Waals surface area contributed by atoms with Crippen molar-refractivity contribution >= 4 is 19.8 Å². The molecule has 556 valence electrons. The highest BCUT2D eigenvalue weighted by Gasteiger charge is 2.27. The third-order valence-electron chi connectivity index (χ3n) is 19.2. The van der Waals surface area contributed by atoms with Gasteiger partial charge in [-0.25, -0.2) is 4.57 Å². The van der Waals surface area contributed by atoms with Gasteiger partial charge in [0.25, 0.3) is 0 Å². The van der Waals surface area contributed by atoms with E-state index in [1.165, 1.54) is 360 Å². The third-order valence-corrected chi connectivity index (χ3v) is 20.2. The molecule has 0 spiro atoms. The van der Waals surface area contributed by atoms with Gasteiger partial charge in [0.15, 0.2) is 6.10 Å². The van der Waals surface area contributed by atoms with Crippen LogP contribution in [0.5, 0.6) is 0 Å². The van der Waals surface area contributed by atoms with E-state index in [0.29, 0.717) is 23.9 Å². The van der Waals surface area contributed by atoms with Crippen LogP contribution >= 0.6 is 7.82 Å². The van der Waals surface area contributed by atoms with Gasteiger partial charge in [-0.15, -0.1) is 0 Å². The molecule has 0 bridgehead atoms. The van der Waals surface area contributed by atoms with Crippen molar-refractivity contribution < 1.29 is 42.1 Å². The zero-order valence-electron chi connectivity index (χ0n) is 63.7. The lowest BCUT2D eigenvalue weighted by Gasteiger charge is -2.24. The van der Waals surface area contributed by atoms with E-state index in [4.69, 9.17) is 18.5 Å². The van der Waals surface area contributed by atoms with Crippen LogP contribution in [0.25, 0.3) is 0 Å². The van der Waals surface area contributed by atoms with Crippen molar-refractivity contribution in [3.63, 3.8) is 0 Å². The number of carbonyl (C=O) groups is 2. The van der Waals surface area contributed by atoms with Crippen LogP contribution in [0.1, 0.15) is 438 Å². The van der Waals surface area contributed by atoms with E-state index >= 15 is 0 Å². The Labute approximate surface area is 586 Å². The van der Waals surface area contributed by atoms with Gasteiger partial charge in [-0.05, 0) is 51.4 Å². The number of phosphoric acid groups is 1. The molecule has 0 aromatic rings. The Balaban J connectivity index is 3.86. The van der Waals surface area contributed by atoms with E-state index in [1.807, 2.05) is 21.1 Å². The fraction of sp³-hybridized carbons (Fsp3) is 0.905. The third kappa shape index (κ3) is 79.2. The first kappa shape index (κ1) is 92.2. The summed E-state index contributed by atoms with van der Waals surface area (Å²) in [6.07, 6.45) is 98.9. The molecule has 1 N–H and O–H groups in total. The lowest BCUT2D eigenvalue weighted by molar-refractivity contribution is -0.870. The smallest absolute Gasteiger partial charge is 0.462 e. The number of carbonyl (C=O) groups excluding carboxylic acids is 2. The molecule has 0 aliphatic heterocycles. The zero-order chi connectivity index (χ0) is 68.3. The Bertz CT molecular complexity index is 1680. The number of rotatable bonds is 79. The van der Waals surface area contributed by atoms with E-state index < -0.39 is 26.5 Å². The summed E-state index contributed by atoms with van der Waals surface area (Å²) in [4.78, 5) is 36.0. The van der Waals surface area contributed by atoms with Gasteiger partial charge < -0.3 is 18.9 Å². The molecule has 94 heavy (non-hydrogen) atoms. The quantitative estimate of drug-likeness (QED) is 0.0211. The van der Waals surface area contributed by atoms with Crippen LogP contribution in [0.4, 0.5) is 0 Å². The van der Waals surface area contributed by atoms with Crippen LogP contribution in [0.2, 0.25) is 0 Å². The van der Waals surface area contributed by atoms with Gasteiger partial charge in [0.1, 0.15) is 19.8 Å². The van der Waals surface area contributed by atoms with Crippen LogP contribution < -0.4 is 0 Å². The van der Waals surface area contributed by atoms with Gasteiger partial charge in [-0.1, -0.05) is 410 Å². The molecule has 0 aromatic carbocycles. The molecule has 10 heteroatoms. The molecule has 0 aliphatic carbocycles. The summed E-state index contributed by atoms with van der Waals surface area (Å²) < 4.78 is 34.8. The second-order valence-corrected chi connectivity index (χ2v) is 31.3. The van der Waals surface area contributed by atoms with Crippen LogP contribution in [-0.2, 0) is 32.7 Å². The first-order chi connectivity index (χ1) is 46.0. The molecule has 2 unspecified atom stereocenters. The van der Waals surface area contributed by atoms with Gasteiger partial charge in [-0.2, -0.15) is 0 Å². The summed E-state index contributed by atoms with van der Waals surface area (Å²) in [5, 5.41) is 0. The molecule has 0 saturated carbocycles. The maximum atomic E-state index is 12.9. The minimum atomic E-state index is -4.39. The van der Waals surface area contributed by atoms with Gasteiger partial charge in [0.05, 0.1) is 27.7 Å². The van der Waals surface area contributed by atoms with Crippen molar-refractivity contribution in [3.05, 3.63) is 36.5 Å². The van der Waals surface area contributed by atoms with Crippen LogP contribution in [0, 0.1) is 0 Å². The predicted octanol–water partition coefficient (Wildman–Crippen LogP) is 27.7. The number of hydrogen-bond donors (Lipinski definition) is 1. The summed E-state index contributed by atoms with van der Waals surface area (Å²) in [5.41, 5.74) is 0. The zero-order valence-corrected chi connectivity index (χ0v) is 64.6. The largest absolute Gasteiger partial charge is 0.472 e. The molecule has 0 fully saturated rings. The molecular weight excluding hydrogens is 1180 g/mol. The Morgan fingerprint density at radius 3 is 0.851 bits per heavy atom. The van der Waals surface area contributed by atoms with E-state index in [2.05, 4.69) is 50.3 Å². The SMILES string of the molecule is CCCCCCC/C=C\C/C=C\C/C=C\CCCCCCCCCCCCCCCCC(=O)OC(COC(=O)CCCCCCCCCCCCCCCCCCCCCCCCCCCCCCCCCCCCCCCCCCC)COP(=O)(O)OCC[N+](C)(C)C. The first-order valence-electron chi connectivity index (χ1n) is 41.7. The monoisotopic (exact) mass is 1350 g/mol. The number of unbranched alkanes of at least 4 members (excludes halogenated alkanes) is 59. The van der Waals surface area contributed by atoms with Crippen LogP contribution in [-0.4, -0.2) is 74.9 Å². The van der Waals surface area contributed by atoms with Crippen molar-refractivity contribution in [3.8, 4) is 0 Å². The Morgan fingerprint density at radius 1 is 0.330 bits per heavy atom. The Kier molecular flexibility index (Phi) is 74.0. The van der Waals surface area contributed by atoms with Crippen molar-refractivity contribution in [2.45, 2.75) is 444 Å². The maximum absolute atomic E-state index is 12.9. The molecule has 2 atom stereocenters. The average molecular weight is 1350 g/mol. The predicted molar refractivity (Wildman–Crippen MR) is 409 cm³/mol. The lowest BCUT2D eigenvalue weighted by atomic mass is 10.0. The number of ether oxygens (including phenoxy) is 2. The van der Waals surface area contributed by atoms with Gasteiger partial charge in [-0.3, -0.25) is 18.6 Å². The molecule has 9 nitrogen and oxygen atoms in total. The minimum absolute atomic E-state index is 0.0341. The highest BCUT2D eigenvalue weighted by atomic mass is 31.2. The highest BCUT2D eigenvalue weighted by Crippen LogP contribution is 2.43. The first-order valence-corrected chi connectivity index (χ1v) is 43.2. The molecular formula is C84H163NO8P+.